The molecule has 1 fully saturated rings. The molecule has 116 valence electrons. The van der Waals surface area contributed by atoms with E-state index in [4.69, 9.17) is 4.74 Å². The van der Waals surface area contributed by atoms with Crippen LogP contribution in [0.2, 0.25) is 0 Å². The molecule has 0 radical (unpaired) electrons. The third-order valence-electron chi connectivity index (χ3n) is 3.05. The molecule has 0 aromatic heterocycles. The van der Waals surface area contributed by atoms with Crippen molar-refractivity contribution in [3.8, 4) is 5.75 Å². The molecule has 2 N–H and O–H groups in total. The van der Waals surface area contributed by atoms with Crippen molar-refractivity contribution in [2.45, 2.75) is 0 Å². The van der Waals surface area contributed by atoms with Crippen molar-refractivity contribution in [2.24, 2.45) is 0 Å². The minimum absolute atomic E-state index is 0.0999. The molecule has 0 saturated carbocycles. The molecule has 2 rings (SSSR count). The second kappa shape index (κ2) is 6.24. The van der Waals surface area contributed by atoms with Crippen LogP contribution < -0.4 is 14.8 Å². The van der Waals surface area contributed by atoms with Crippen molar-refractivity contribution in [2.75, 3.05) is 38.0 Å². The van der Waals surface area contributed by atoms with Crippen LogP contribution in [0.3, 0.4) is 0 Å². The van der Waals surface area contributed by atoms with Gasteiger partial charge in [0.1, 0.15) is 5.75 Å². The zero-order valence-corrected chi connectivity index (χ0v) is 12.2. The minimum Gasteiger partial charge on any atom is -0.494 e. The molecule has 1 saturated heterocycles. The summed E-state index contributed by atoms with van der Waals surface area (Å²) in [5, 5.41) is 13.8. The Morgan fingerprint density at radius 2 is 2.05 bits per heavy atom. The lowest BCUT2D eigenvalue weighted by Gasteiger charge is -2.27. The molecule has 0 unspecified atom stereocenters. The molecule has 0 atom stereocenters. The molecule has 0 spiro atoms. The fraction of sp³-hybridized carbons (Fsp3) is 0.455. The summed E-state index contributed by atoms with van der Waals surface area (Å²) in [5.41, 5.74) is -0.00129. The second-order valence-electron chi connectivity index (χ2n) is 4.40. The average molecular weight is 316 g/mol. The van der Waals surface area contributed by atoms with Gasteiger partial charge in [-0.05, 0) is 6.07 Å². The maximum absolute atomic E-state index is 12.2. The summed E-state index contributed by atoms with van der Waals surface area (Å²) in [4.78, 5) is 10.1. The van der Waals surface area contributed by atoms with Crippen molar-refractivity contribution in [3.05, 3.63) is 28.3 Å². The number of benzene rings is 1. The highest BCUT2D eigenvalue weighted by Crippen LogP contribution is 2.30. The van der Waals surface area contributed by atoms with Gasteiger partial charge < -0.3 is 10.1 Å². The Labute approximate surface area is 122 Å². The van der Waals surface area contributed by atoms with E-state index in [-0.39, 0.29) is 17.1 Å². The van der Waals surface area contributed by atoms with Crippen LogP contribution >= 0.6 is 0 Å². The maximum atomic E-state index is 12.2. The largest absolute Gasteiger partial charge is 0.494 e. The maximum Gasteiger partial charge on any atom is 0.301 e. The van der Waals surface area contributed by atoms with E-state index in [2.05, 4.69) is 10.0 Å². The number of nitrogens with one attached hydrogen (secondary N) is 2. The second-order valence-corrected chi connectivity index (χ2v) is 6.07. The van der Waals surface area contributed by atoms with E-state index in [1.807, 2.05) is 0 Å². The van der Waals surface area contributed by atoms with E-state index in [0.717, 1.165) is 0 Å². The van der Waals surface area contributed by atoms with Gasteiger partial charge in [-0.25, -0.2) is 0 Å². The first-order chi connectivity index (χ1) is 9.94. The molecule has 0 aliphatic carbocycles. The van der Waals surface area contributed by atoms with Gasteiger partial charge in [0.15, 0.2) is 0 Å². The number of hydrogen-bond donors (Lipinski definition) is 2. The summed E-state index contributed by atoms with van der Waals surface area (Å²) in [5.74, 6) is 0.0999. The van der Waals surface area contributed by atoms with Crippen molar-refractivity contribution in [1.29, 1.82) is 0 Å². The number of ether oxygens (including phenoxy) is 1. The van der Waals surface area contributed by atoms with E-state index >= 15 is 0 Å². The predicted octanol–water partition coefficient (Wildman–Crippen LogP) is 0.165. The molecule has 21 heavy (non-hydrogen) atoms. The van der Waals surface area contributed by atoms with Gasteiger partial charge in [0.2, 0.25) is 0 Å². The summed E-state index contributed by atoms with van der Waals surface area (Å²) in [6.07, 6.45) is 0. The summed E-state index contributed by atoms with van der Waals surface area (Å²) < 4.78 is 33.2. The number of piperazine rings is 1. The van der Waals surface area contributed by atoms with Crippen LogP contribution in [0.1, 0.15) is 0 Å². The molecular weight excluding hydrogens is 300 g/mol. The average Bonchev–Trinajstić information content (AvgIpc) is 2.48. The predicted molar refractivity (Wildman–Crippen MR) is 76.6 cm³/mol. The Bertz CT molecular complexity index is 628. The van der Waals surface area contributed by atoms with Gasteiger partial charge in [0.25, 0.3) is 5.69 Å². The van der Waals surface area contributed by atoms with Gasteiger partial charge in [-0.15, -0.1) is 0 Å². The number of nitro benzene ring substituents is 1. The zero-order chi connectivity index (χ0) is 15.5. The van der Waals surface area contributed by atoms with Crippen molar-refractivity contribution in [1.82, 2.24) is 9.62 Å². The lowest BCUT2D eigenvalue weighted by Crippen LogP contribution is -2.48. The SMILES string of the molecule is COc1cc([N+](=O)[O-])ccc1NS(=O)(=O)N1CCNCC1. The van der Waals surface area contributed by atoms with E-state index in [0.29, 0.717) is 26.2 Å². The number of methoxy groups -OCH3 is 1. The third-order valence-corrected chi connectivity index (χ3v) is 4.57. The Morgan fingerprint density at radius 1 is 1.38 bits per heavy atom. The number of hydrogen-bond acceptors (Lipinski definition) is 6. The molecule has 1 aromatic carbocycles. The van der Waals surface area contributed by atoms with Crippen LogP contribution in [-0.2, 0) is 10.2 Å². The quantitative estimate of drug-likeness (QED) is 0.591. The van der Waals surface area contributed by atoms with Gasteiger partial charge in [-0.2, -0.15) is 12.7 Å². The highest BCUT2D eigenvalue weighted by atomic mass is 32.2. The molecule has 1 aliphatic heterocycles. The van der Waals surface area contributed by atoms with Crippen LogP contribution in [-0.4, -0.2) is 50.9 Å². The molecule has 1 aromatic rings. The van der Waals surface area contributed by atoms with Gasteiger partial charge in [-0.1, -0.05) is 0 Å². The summed E-state index contributed by atoms with van der Waals surface area (Å²) in [6, 6.07) is 3.71. The number of nitrogens with zero attached hydrogens (tertiary/aromatic N) is 2. The first-order valence-electron chi connectivity index (χ1n) is 6.25. The van der Waals surface area contributed by atoms with Crippen LogP contribution in [0.25, 0.3) is 0 Å². The lowest BCUT2D eigenvalue weighted by atomic mass is 10.2. The van der Waals surface area contributed by atoms with Gasteiger partial charge in [0, 0.05) is 32.2 Å². The normalized spacial score (nSPS) is 16.4. The Kier molecular flexibility index (Phi) is 4.60. The molecular formula is C11H16N4O5S. The zero-order valence-electron chi connectivity index (χ0n) is 11.4. The van der Waals surface area contributed by atoms with E-state index in [1.54, 1.807) is 0 Å². The van der Waals surface area contributed by atoms with Gasteiger partial charge in [0.05, 0.1) is 23.8 Å². The Morgan fingerprint density at radius 3 is 2.62 bits per heavy atom. The highest BCUT2D eigenvalue weighted by molar-refractivity contribution is 7.90. The van der Waals surface area contributed by atoms with Crippen molar-refractivity contribution in [3.63, 3.8) is 0 Å². The number of anilines is 1. The standard InChI is InChI=1S/C11H16N4O5S/c1-20-11-8-9(15(16)17)2-3-10(11)13-21(18,19)14-6-4-12-5-7-14/h2-3,8,12-13H,4-7H2,1H3. The molecule has 0 amide bonds. The highest BCUT2D eigenvalue weighted by Gasteiger charge is 2.25. The molecule has 10 heteroatoms. The van der Waals surface area contributed by atoms with Crippen LogP contribution in [0, 0.1) is 10.1 Å². The first-order valence-corrected chi connectivity index (χ1v) is 7.69. The smallest absolute Gasteiger partial charge is 0.301 e. The minimum atomic E-state index is -3.71. The van der Waals surface area contributed by atoms with Crippen LogP contribution in [0.15, 0.2) is 18.2 Å². The molecule has 0 bridgehead atoms. The Balaban J connectivity index is 2.23. The summed E-state index contributed by atoms with van der Waals surface area (Å²) >= 11 is 0. The van der Waals surface area contributed by atoms with Crippen molar-refractivity contribution >= 4 is 21.6 Å². The number of rotatable bonds is 5. The number of nitro groups is 1. The molecule has 1 heterocycles. The van der Waals surface area contributed by atoms with Crippen LogP contribution in [0.4, 0.5) is 11.4 Å². The van der Waals surface area contributed by atoms with Gasteiger partial charge in [-0.3, -0.25) is 14.8 Å². The lowest BCUT2D eigenvalue weighted by molar-refractivity contribution is -0.384. The van der Waals surface area contributed by atoms with Crippen LogP contribution in [0.5, 0.6) is 5.75 Å². The van der Waals surface area contributed by atoms with Gasteiger partial charge >= 0.3 is 10.2 Å². The number of non-ortho nitro benzene ring substituents is 1. The van der Waals surface area contributed by atoms with Crippen molar-refractivity contribution < 1.29 is 18.1 Å². The fourth-order valence-corrected chi connectivity index (χ4v) is 3.20. The summed E-state index contributed by atoms with van der Waals surface area (Å²) in [7, 11) is -2.39. The van der Waals surface area contributed by atoms with E-state index in [1.165, 1.54) is 29.6 Å². The van der Waals surface area contributed by atoms with E-state index in [9.17, 15) is 18.5 Å². The molecule has 1 aliphatic rings. The topological polar surface area (TPSA) is 114 Å². The Hall–Kier alpha value is -1.91. The summed E-state index contributed by atoms with van der Waals surface area (Å²) in [6.45, 7) is 1.89. The molecule has 9 nitrogen and oxygen atoms in total. The third kappa shape index (κ3) is 3.60. The van der Waals surface area contributed by atoms with E-state index < -0.39 is 15.1 Å². The fourth-order valence-electron chi connectivity index (χ4n) is 1.97. The monoisotopic (exact) mass is 316 g/mol. The first kappa shape index (κ1) is 15.5.